The van der Waals surface area contributed by atoms with Crippen molar-refractivity contribution < 1.29 is 38.4 Å². The molecule has 1 saturated heterocycles. The molecule has 1 N–H and O–H groups in total. The Kier molecular flexibility index (Phi) is 5.90. The molecule has 0 bridgehead atoms. The fourth-order valence-corrected chi connectivity index (χ4v) is 1.92. The van der Waals surface area contributed by atoms with Gasteiger partial charge in [-0.05, 0) is 0 Å². The first-order valence-electron chi connectivity index (χ1n) is 6.11. The van der Waals surface area contributed by atoms with Gasteiger partial charge in [0.1, 0.15) is 18.8 Å². The van der Waals surface area contributed by atoms with Gasteiger partial charge >= 0.3 is 17.9 Å². The maximum Gasteiger partial charge on any atom is 0.303 e. The molecule has 0 saturated carbocycles. The summed E-state index contributed by atoms with van der Waals surface area (Å²) in [5.41, 5.74) is 0. The average Bonchev–Trinajstić information content (AvgIpc) is 2.63. The van der Waals surface area contributed by atoms with Crippen molar-refractivity contribution in [2.75, 3.05) is 6.61 Å². The summed E-state index contributed by atoms with van der Waals surface area (Å²) in [5.74, 6) is -1.70. The number of aliphatic hydroxyl groups excluding tert-OH is 1. The molecule has 4 atom stereocenters. The zero-order valence-electron chi connectivity index (χ0n) is 11.5. The molecule has 114 valence electrons. The van der Waals surface area contributed by atoms with Crippen LogP contribution in [0.3, 0.4) is 0 Å². The molecule has 1 aliphatic rings. The number of aliphatic hydroxyl groups is 1. The Labute approximate surface area is 115 Å². The van der Waals surface area contributed by atoms with E-state index >= 15 is 0 Å². The third kappa shape index (κ3) is 5.14. The molecule has 0 radical (unpaired) electrons. The van der Waals surface area contributed by atoms with E-state index < -0.39 is 42.5 Å². The van der Waals surface area contributed by atoms with Crippen LogP contribution in [0.4, 0.5) is 0 Å². The Bertz CT molecular complexity index is 380. The molecule has 8 heteroatoms. The Hall–Kier alpha value is -1.67. The van der Waals surface area contributed by atoms with E-state index in [4.69, 9.17) is 18.9 Å². The van der Waals surface area contributed by atoms with Gasteiger partial charge in [-0.3, -0.25) is 14.4 Å². The van der Waals surface area contributed by atoms with Crippen molar-refractivity contribution in [3.63, 3.8) is 0 Å². The Morgan fingerprint density at radius 2 is 1.85 bits per heavy atom. The zero-order chi connectivity index (χ0) is 15.3. The number of hydrogen-bond donors (Lipinski definition) is 1. The van der Waals surface area contributed by atoms with E-state index in [1.54, 1.807) is 0 Å². The molecule has 0 amide bonds. The first kappa shape index (κ1) is 16.4. The van der Waals surface area contributed by atoms with Crippen molar-refractivity contribution >= 4 is 17.9 Å². The normalized spacial score (nSPS) is 26.7. The first-order valence-corrected chi connectivity index (χ1v) is 6.11. The van der Waals surface area contributed by atoms with E-state index in [-0.39, 0.29) is 13.0 Å². The van der Waals surface area contributed by atoms with Crippen LogP contribution >= 0.6 is 0 Å². The summed E-state index contributed by atoms with van der Waals surface area (Å²) in [5, 5.41) is 9.48. The van der Waals surface area contributed by atoms with Gasteiger partial charge in [0.2, 0.25) is 0 Å². The lowest BCUT2D eigenvalue weighted by Gasteiger charge is -2.26. The predicted octanol–water partition coefficient (Wildman–Crippen LogP) is -0.480. The van der Waals surface area contributed by atoms with Crippen LogP contribution in [-0.4, -0.2) is 54.2 Å². The molecule has 0 spiro atoms. The van der Waals surface area contributed by atoms with Gasteiger partial charge in [0.05, 0.1) is 0 Å². The molecule has 1 fully saturated rings. The molecule has 0 aromatic heterocycles. The van der Waals surface area contributed by atoms with Gasteiger partial charge in [-0.25, -0.2) is 0 Å². The van der Waals surface area contributed by atoms with Gasteiger partial charge in [-0.15, -0.1) is 0 Å². The van der Waals surface area contributed by atoms with Gasteiger partial charge in [0.25, 0.3) is 0 Å². The summed E-state index contributed by atoms with van der Waals surface area (Å²) in [6.45, 7) is 3.37. The quantitative estimate of drug-likeness (QED) is 0.534. The first-order chi connectivity index (χ1) is 9.29. The Morgan fingerprint density at radius 3 is 2.35 bits per heavy atom. The molecule has 0 aromatic carbocycles. The lowest BCUT2D eigenvalue weighted by atomic mass is 10.1. The highest BCUT2D eigenvalue weighted by molar-refractivity contribution is 5.67. The van der Waals surface area contributed by atoms with E-state index in [0.717, 1.165) is 0 Å². The van der Waals surface area contributed by atoms with Crippen LogP contribution in [0.25, 0.3) is 0 Å². The van der Waals surface area contributed by atoms with E-state index in [1.165, 1.54) is 20.8 Å². The minimum atomic E-state index is -1.14. The highest BCUT2D eigenvalue weighted by Gasteiger charge is 2.43. The van der Waals surface area contributed by atoms with Crippen LogP contribution in [-0.2, 0) is 33.3 Å². The molecule has 0 unspecified atom stereocenters. The highest BCUT2D eigenvalue weighted by atomic mass is 16.7. The van der Waals surface area contributed by atoms with Crippen molar-refractivity contribution in [2.24, 2.45) is 0 Å². The van der Waals surface area contributed by atoms with Crippen LogP contribution in [0, 0.1) is 0 Å². The van der Waals surface area contributed by atoms with Gasteiger partial charge < -0.3 is 24.1 Å². The van der Waals surface area contributed by atoms with Crippen LogP contribution in [0.5, 0.6) is 0 Å². The second-order valence-electron chi connectivity index (χ2n) is 4.39. The van der Waals surface area contributed by atoms with Crippen LogP contribution in [0.15, 0.2) is 0 Å². The van der Waals surface area contributed by atoms with Crippen molar-refractivity contribution in [1.82, 2.24) is 0 Å². The monoisotopic (exact) mass is 290 g/mol. The van der Waals surface area contributed by atoms with Crippen LogP contribution in [0.1, 0.15) is 27.2 Å². The van der Waals surface area contributed by atoms with Crippen LogP contribution in [0.2, 0.25) is 0 Å². The van der Waals surface area contributed by atoms with E-state index in [1.807, 2.05) is 0 Å². The summed E-state index contributed by atoms with van der Waals surface area (Å²) in [6, 6.07) is 0. The molecule has 20 heavy (non-hydrogen) atoms. The summed E-state index contributed by atoms with van der Waals surface area (Å²) in [4.78, 5) is 32.9. The summed E-state index contributed by atoms with van der Waals surface area (Å²) >= 11 is 0. The minimum absolute atomic E-state index is 0.0576. The van der Waals surface area contributed by atoms with Gasteiger partial charge in [-0.2, -0.15) is 0 Å². The lowest BCUT2D eigenvalue weighted by molar-refractivity contribution is -0.182. The maximum absolute atomic E-state index is 11.1. The van der Waals surface area contributed by atoms with Gasteiger partial charge in [0, 0.05) is 27.2 Å². The number of rotatable bonds is 5. The van der Waals surface area contributed by atoms with E-state index in [0.29, 0.717) is 0 Å². The Balaban J connectivity index is 2.76. The summed E-state index contributed by atoms with van der Waals surface area (Å²) < 4.78 is 20.0. The zero-order valence-corrected chi connectivity index (χ0v) is 11.5. The van der Waals surface area contributed by atoms with Gasteiger partial charge in [0.15, 0.2) is 12.4 Å². The molecule has 1 heterocycles. The summed E-state index contributed by atoms with van der Waals surface area (Å²) in [7, 11) is 0. The number of carbonyl (C=O) groups is 3. The number of carbonyl (C=O) groups excluding carboxylic acids is 3. The standard InChI is InChI=1S/C12H18O8/c1-6(13)17-5-10(19-8(3)15)12-9(18-7(2)14)4-11(16)20-12/h9-12,16H,4-5H2,1-3H3/t9-,10-,11-,12+/m0/s1. The van der Waals surface area contributed by atoms with Crippen molar-refractivity contribution in [1.29, 1.82) is 0 Å². The fraction of sp³-hybridized carbons (Fsp3) is 0.750. The molecule has 0 aliphatic carbocycles. The molecule has 1 aliphatic heterocycles. The van der Waals surface area contributed by atoms with Crippen molar-refractivity contribution in [3.8, 4) is 0 Å². The lowest BCUT2D eigenvalue weighted by Crippen LogP contribution is -2.42. The van der Waals surface area contributed by atoms with Crippen LogP contribution < -0.4 is 0 Å². The molecular formula is C12H18O8. The van der Waals surface area contributed by atoms with E-state index in [2.05, 4.69) is 0 Å². The number of ether oxygens (including phenoxy) is 4. The Morgan fingerprint density at radius 1 is 1.20 bits per heavy atom. The highest BCUT2D eigenvalue weighted by Crippen LogP contribution is 2.26. The topological polar surface area (TPSA) is 108 Å². The van der Waals surface area contributed by atoms with Crippen molar-refractivity contribution in [2.45, 2.75) is 51.8 Å². The maximum atomic E-state index is 11.1. The molecule has 0 aromatic rings. The third-order valence-electron chi connectivity index (χ3n) is 2.57. The number of hydrogen-bond acceptors (Lipinski definition) is 8. The van der Waals surface area contributed by atoms with E-state index in [9.17, 15) is 19.5 Å². The molecule has 1 rings (SSSR count). The minimum Gasteiger partial charge on any atom is -0.462 e. The predicted molar refractivity (Wildman–Crippen MR) is 63.2 cm³/mol. The smallest absolute Gasteiger partial charge is 0.303 e. The SMILES string of the molecule is CC(=O)OC[C@H](OC(C)=O)[C@@H]1O[C@H](O)C[C@@H]1OC(C)=O. The van der Waals surface area contributed by atoms with Gasteiger partial charge in [-0.1, -0.05) is 0 Å². The molecular weight excluding hydrogens is 272 g/mol. The number of esters is 3. The fourth-order valence-electron chi connectivity index (χ4n) is 1.92. The largest absolute Gasteiger partial charge is 0.462 e. The molecule has 8 nitrogen and oxygen atoms in total. The third-order valence-corrected chi connectivity index (χ3v) is 2.57. The van der Waals surface area contributed by atoms with Crippen molar-refractivity contribution in [3.05, 3.63) is 0 Å². The second-order valence-corrected chi connectivity index (χ2v) is 4.39. The average molecular weight is 290 g/mol. The summed E-state index contributed by atoms with van der Waals surface area (Å²) in [6.07, 6.45) is -3.71. The second kappa shape index (κ2) is 7.20.